The maximum absolute atomic E-state index is 10.5. The van der Waals surface area contributed by atoms with E-state index in [4.69, 9.17) is 11.3 Å². The molecule has 0 amide bonds. The van der Waals surface area contributed by atoms with Crippen LogP contribution < -0.4 is 0 Å². The van der Waals surface area contributed by atoms with Gasteiger partial charge in [-0.3, -0.25) is 0 Å². The van der Waals surface area contributed by atoms with Gasteiger partial charge in [-0.25, -0.2) is 0 Å². The quantitative estimate of drug-likeness (QED) is 0.350. The molecule has 3 rings (SSSR count). The fourth-order valence-electron chi connectivity index (χ4n) is 5.10. The molecule has 1 N–H and O–H groups in total. The molecule has 1 aromatic heterocycles. The van der Waals surface area contributed by atoms with Crippen LogP contribution in [0.25, 0.3) is 11.3 Å². The molecule has 0 fully saturated rings. The highest BCUT2D eigenvalue weighted by molar-refractivity contribution is 5.63. The van der Waals surface area contributed by atoms with Crippen molar-refractivity contribution >= 4 is 0 Å². The lowest BCUT2D eigenvalue weighted by Crippen LogP contribution is -2.27. The molecule has 1 unspecified atom stereocenters. The second kappa shape index (κ2) is 10.5. The molecule has 182 valence electrons. The summed E-state index contributed by atoms with van der Waals surface area (Å²) in [6, 6.07) is 17.7. The summed E-state index contributed by atoms with van der Waals surface area (Å²) < 4.78 is 5.91. The van der Waals surface area contributed by atoms with Gasteiger partial charge < -0.3 is 9.52 Å². The maximum Gasteiger partial charge on any atom is 0.134 e. The molecule has 2 heteroatoms. The van der Waals surface area contributed by atoms with Gasteiger partial charge in [-0.05, 0) is 91.8 Å². The molecule has 0 saturated carbocycles. The van der Waals surface area contributed by atoms with Crippen LogP contribution in [0.5, 0.6) is 0 Å². The van der Waals surface area contributed by atoms with Gasteiger partial charge >= 0.3 is 0 Å². The molecule has 1 atom stereocenters. The number of aliphatic hydroxyl groups excluding tert-OH is 1. The van der Waals surface area contributed by atoms with Crippen LogP contribution in [0.2, 0.25) is 0 Å². The number of aryl methyl sites for hydroxylation is 3. The Morgan fingerprint density at radius 2 is 1.50 bits per heavy atom. The van der Waals surface area contributed by atoms with Gasteiger partial charge in [-0.1, -0.05) is 71.0 Å². The van der Waals surface area contributed by atoms with Crippen molar-refractivity contribution in [1.82, 2.24) is 0 Å². The zero-order chi connectivity index (χ0) is 25.1. The maximum atomic E-state index is 10.5. The van der Waals surface area contributed by atoms with E-state index in [9.17, 15) is 5.11 Å². The number of benzene rings is 2. The van der Waals surface area contributed by atoms with Crippen molar-refractivity contribution in [2.75, 3.05) is 0 Å². The molecule has 1 heterocycles. The third kappa shape index (κ3) is 5.33. The number of aliphatic hydroxyl groups is 1. The van der Waals surface area contributed by atoms with E-state index in [0.717, 1.165) is 42.8 Å². The summed E-state index contributed by atoms with van der Waals surface area (Å²) in [5, 5.41) is 10.5. The fourth-order valence-corrected chi connectivity index (χ4v) is 5.10. The van der Waals surface area contributed by atoms with Gasteiger partial charge in [0.2, 0.25) is 0 Å². The van der Waals surface area contributed by atoms with Crippen molar-refractivity contribution in [2.45, 2.75) is 92.1 Å². The summed E-state index contributed by atoms with van der Waals surface area (Å²) in [6.07, 6.45) is 3.86. The van der Waals surface area contributed by atoms with E-state index in [1.807, 2.05) is 12.1 Å². The minimum atomic E-state index is -0.298. The summed E-state index contributed by atoms with van der Waals surface area (Å²) in [6.45, 7) is 21.0. The molecule has 2 aromatic carbocycles. The number of hydrogen-bond acceptors (Lipinski definition) is 2. The van der Waals surface area contributed by atoms with Crippen LogP contribution >= 0.6 is 0 Å². The Labute approximate surface area is 207 Å². The molecule has 2 radical (unpaired) electrons. The topological polar surface area (TPSA) is 33.4 Å². The Hall–Kier alpha value is -2.32. The van der Waals surface area contributed by atoms with Gasteiger partial charge in [0.25, 0.3) is 0 Å². The predicted molar refractivity (Wildman–Crippen MR) is 143 cm³/mol. The van der Waals surface area contributed by atoms with E-state index in [0.29, 0.717) is 6.42 Å². The average molecular weight is 459 g/mol. The second-order valence-corrected chi connectivity index (χ2v) is 10.9. The van der Waals surface area contributed by atoms with Crippen LogP contribution in [0.4, 0.5) is 0 Å². The molecule has 3 aromatic rings. The SMILES string of the molecule is [CH]Cc1ccc(-c2ccc(C(CC)(CC)c3ccc(CCC(O)C(C)(C)C)c(C)c3)cc2C)o1. The summed E-state index contributed by atoms with van der Waals surface area (Å²) in [7, 11) is 0. The van der Waals surface area contributed by atoms with Crippen molar-refractivity contribution in [2.24, 2.45) is 5.41 Å². The second-order valence-electron chi connectivity index (χ2n) is 10.9. The van der Waals surface area contributed by atoms with E-state index in [1.165, 1.54) is 27.8 Å². The molecule has 0 bridgehead atoms. The fraction of sp³-hybridized carbons (Fsp3) is 0.469. The van der Waals surface area contributed by atoms with Gasteiger partial charge in [-0.15, -0.1) is 0 Å². The predicted octanol–water partition coefficient (Wildman–Crippen LogP) is 8.26. The standard InChI is InChI=1S/C32H42O2/c1-9-27-16-18-29(34-27)28-17-15-26(21-23(28)5)32(10-2,11-3)25-14-12-24(22(4)20-25)13-19-30(33)31(6,7)8/h1,12,14-18,20-21,30,33H,9-11,13,19H2,2-8H3. The first-order chi connectivity index (χ1) is 16.1. The Bertz CT molecular complexity index is 1090. The minimum absolute atomic E-state index is 0.0386. The van der Waals surface area contributed by atoms with E-state index in [1.54, 1.807) is 0 Å². The minimum Gasteiger partial charge on any atom is -0.461 e. The van der Waals surface area contributed by atoms with Crippen molar-refractivity contribution in [3.63, 3.8) is 0 Å². The third-order valence-corrected chi connectivity index (χ3v) is 7.70. The smallest absolute Gasteiger partial charge is 0.134 e. The van der Waals surface area contributed by atoms with Gasteiger partial charge in [-0.2, -0.15) is 0 Å². The first kappa shape index (κ1) is 26.3. The Kier molecular flexibility index (Phi) is 8.14. The Balaban J connectivity index is 1.92. The largest absolute Gasteiger partial charge is 0.461 e. The molecule has 0 spiro atoms. The van der Waals surface area contributed by atoms with Crippen molar-refractivity contribution in [3.05, 3.63) is 89.0 Å². The lowest BCUT2D eigenvalue weighted by molar-refractivity contribution is 0.0560. The lowest BCUT2D eigenvalue weighted by atomic mass is 9.69. The molecule has 0 aliphatic heterocycles. The summed E-state index contributed by atoms with van der Waals surface area (Å²) in [5.41, 5.74) is 7.56. The third-order valence-electron chi connectivity index (χ3n) is 7.70. The number of rotatable bonds is 9. The van der Waals surface area contributed by atoms with Gasteiger partial charge in [0, 0.05) is 17.4 Å². The van der Waals surface area contributed by atoms with Gasteiger partial charge in [0.15, 0.2) is 0 Å². The van der Waals surface area contributed by atoms with E-state index in [-0.39, 0.29) is 16.9 Å². The zero-order valence-corrected chi connectivity index (χ0v) is 22.2. The van der Waals surface area contributed by atoms with E-state index < -0.39 is 0 Å². The Morgan fingerprint density at radius 1 is 0.882 bits per heavy atom. The zero-order valence-electron chi connectivity index (χ0n) is 22.2. The summed E-state index contributed by atoms with van der Waals surface area (Å²) in [4.78, 5) is 0. The van der Waals surface area contributed by atoms with Crippen molar-refractivity contribution < 1.29 is 9.52 Å². The van der Waals surface area contributed by atoms with Crippen LogP contribution in [-0.4, -0.2) is 11.2 Å². The average Bonchev–Trinajstić information content (AvgIpc) is 3.28. The molecular weight excluding hydrogens is 416 g/mol. The van der Waals surface area contributed by atoms with Crippen LogP contribution in [0.3, 0.4) is 0 Å². The van der Waals surface area contributed by atoms with E-state index >= 15 is 0 Å². The van der Waals surface area contributed by atoms with Gasteiger partial charge in [0.05, 0.1) is 6.10 Å². The van der Waals surface area contributed by atoms with E-state index in [2.05, 4.69) is 84.9 Å². The summed E-state index contributed by atoms with van der Waals surface area (Å²) >= 11 is 0. The summed E-state index contributed by atoms with van der Waals surface area (Å²) in [5.74, 6) is 1.68. The molecule has 0 aliphatic rings. The van der Waals surface area contributed by atoms with Crippen molar-refractivity contribution in [3.8, 4) is 11.3 Å². The van der Waals surface area contributed by atoms with Crippen LogP contribution in [-0.2, 0) is 18.3 Å². The molecular formula is C32H42O2. The van der Waals surface area contributed by atoms with Crippen LogP contribution in [0, 0.1) is 26.2 Å². The normalized spacial score (nSPS) is 13.3. The molecule has 2 nitrogen and oxygen atoms in total. The van der Waals surface area contributed by atoms with Gasteiger partial charge in [0.1, 0.15) is 11.5 Å². The molecule has 0 saturated heterocycles. The number of furan rings is 1. The first-order valence-electron chi connectivity index (χ1n) is 12.7. The lowest BCUT2D eigenvalue weighted by Gasteiger charge is -2.34. The monoisotopic (exact) mass is 458 g/mol. The van der Waals surface area contributed by atoms with Crippen molar-refractivity contribution in [1.29, 1.82) is 0 Å². The highest BCUT2D eigenvalue weighted by Crippen LogP contribution is 2.41. The highest BCUT2D eigenvalue weighted by Gasteiger charge is 2.31. The van der Waals surface area contributed by atoms with Crippen LogP contribution in [0.1, 0.15) is 87.5 Å². The van der Waals surface area contributed by atoms with Crippen LogP contribution in [0.15, 0.2) is 52.9 Å². The molecule has 0 aliphatic carbocycles. The highest BCUT2D eigenvalue weighted by atomic mass is 16.3. The Morgan fingerprint density at radius 3 is 2.00 bits per heavy atom. The molecule has 34 heavy (non-hydrogen) atoms. The first-order valence-corrected chi connectivity index (χ1v) is 12.7. The number of hydrogen-bond donors (Lipinski definition) is 1.